The second kappa shape index (κ2) is 9.71. The molecule has 1 saturated heterocycles. The molecule has 0 saturated carbocycles. The molecule has 1 aliphatic rings. The molecule has 0 spiro atoms. The molecule has 0 radical (unpaired) electrons. The Labute approximate surface area is 131 Å². The minimum absolute atomic E-state index is 0.261. The minimum Gasteiger partial charge on any atom is -0.331 e. The molecule has 3 N–H and O–H groups in total. The van der Waals surface area contributed by atoms with Crippen LogP contribution in [0.4, 0.5) is 0 Å². The molecule has 0 aromatic carbocycles. The Morgan fingerprint density at radius 3 is 2.55 bits per heavy atom. The van der Waals surface area contributed by atoms with E-state index in [1.54, 1.807) is 0 Å². The van der Waals surface area contributed by atoms with Crippen LogP contribution in [-0.2, 0) is 14.7 Å². The average molecular weight is 367 g/mol. The van der Waals surface area contributed by atoms with Crippen molar-refractivity contribution in [3.8, 4) is 0 Å². The van der Waals surface area contributed by atoms with E-state index in [1.165, 1.54) is 0 Å². The van der Waals surface area contributed by atoms with Gasteiger partial charge in [-0.25, -0.2) is 19.2 Å². The summed E-state index contributed by atoms with van der Waals surface area (Å²) in [6.07, 6.45) is 0.920. The van der Waals surface area contributed by atoms with Gasteiger partial charge in [0.2, 0.25) is 0 Å². The zero-order chi connectivity index (χ0) is 15.0. The van der Waals surface area contributed by atoms with E-state index in [9.17, 15) is 8.42 Å². The standard InChI is InChI=1S/C9H21Cl2N4O3PS/c10-2-6-15(7-3-11)19-14(5-1-9-18-19)8-4-13-20(12,16)17/h13H,1-9H2,(H2,12,16,17). The lowest BCUT2D eigenvalue weighted by Gasteiger charge is -2.40. The van der Waals surface area contributed by atoms with E-state index < -0.39 is 18.7 Å². The number of rotatable bonds is 9. The molecule has 0 aromatic rings. The molecule has 0 amide bonds. The van der Waals surface area contributed by atoms with Crippen molar-refractivity contribution < 1.29 is 12.9 Å². The van der Waals surface area contributed by atoms with Crippen LogP contribution in [0.2, 0.25) is 0 Å². The maximum absolute atomic E-state index is 10.9. The quantitative estimate of drug-likeness (QED) is 0.458. The van der Waals surface area contributed by atoms with E-state index in [0.29, 0.717) is 38.0 Å². The zero-order valence-corrected chi connectivity index (χ0v) is 14.4. The van der Waals surface area contributed by atoms with Crippen molar-refractivity contribution in [3.63, 3.8) is 0 Å². The summed E-state index contributed by atoms with van der Waals surface area (Å²) in [7, 11) is -4.58. The fraction of sp³-hybridized carbons (Fsp3) is 1.00. The van der Waals surface area contributed by atoms with E-state index in [4.69, 9.17) is 32.9 Å². The largest absolute Gasteiger partial charge is 0.331 e. The highest BCUT2D eigenvalue weighted by molar-refractivity contribution is 7.87. The predicted octanol–water partition coefficient (Wildman–Crippen LogP) is 0.508. The molecule has 1 aliphatic heterocycles. The first-order valence-corrected chi connectivity index (χ1v) is 10.1. The lowest BCUT2D eigenvalue weighted by atomic mass is 10.4. The molecule has 7 nitrogen and oxygen atoms in total. The Bertz CT molecular complexity index is 370. The molecule has 1 heterocycles. The SMILES string of the molecule is NS(=O)(=O)NCCN1CCCOP1N(CCCl)CCCl. The van der Waals surface area contributed by atoms with Gasteiger partial charge in [-0.1, -0.05) is 0 Å². The van der Waals surface area contributed by atoms with Crippen LogP contribution in [0, 0.1) is 0 Å². The zero-order valence-electron chi connectivity index (χ0n) is 11.2. The Kier molecular flexibility index (Phi) is 9.13. The van der Waals surface area contributed by atoms with Gasteiger partial charge in [-0.3, -0.25) is 0 Å². The van der Waals surface area contributed by atoms with Gasteiger partial charge in [-0.05, 0) is 6.42 Å². The Balaban J connectivity index is 2.55. The van der Waals surface area contributed by atoms with E-state index in [0.717, 1.165) is 13.0 Å². The summed E-state index contributed by atoms with van der Waals surface area (Å²) in [5.74, 6) is 1.00. The van der Waals surface area contributed by atoms with Gasteiger partial charge in [0, 0.05) is 44.5 Å². The van der Waals surface area contributed by atoms with Crippen molar-refractivity contribution >= 4 is 41.9 Å². The van der Waals surface area contributed by atoms with Crippen LogP contribution in [0.15, 0.2) is 0 Å². The topological polar surface area (TPSA) is 87.9 Å². The second-order valence-corrected chi connectivity index (χ2v) is 8.19. The number of nitrogens with one attached hydrogen (secondary N) is 1. The van der Waals surface area contributed by atoms with Crippen LogP contribution < -0.4 is 9.86 Å². The number of nitrogens with two attached hydrogens (primary N) is 1. The normalized spacial score (nSPS) is 21.5. The van der Waals surface area contributed by atoms with Gasteiger partial charge in [-0.15, -0.1) is 23.2 Å². The van der Waals surface area contributed by atoms with E-state index in [-0.39, 0.29) is 6.54 Å². The summed E-state index contributed by atoms with van der Waals surface area (Å²) in [6.45, 7) is 3.75. The lowest BCUT2D eigenvalue weighted by Crippen LogP contribution is -2.41. The summed E-state index contributed by atoms with van der Waals surface area (Å²) in [6, 6.07) is 0. The molecule has 1 atom stereocenters. The lowest BCUT2D eigenvalue weighted by molar-refractivity contribution is 0.210. The van der Waals surface area contributed by atoms with Gasteiger partial charge in [-0.2, -0.15) is 8.42 Å². The first kappa shape index (κ1) is 18.8. The summed E-state index contributed by atoms with van der Waals surface area (Å²) in [5, 5.41) is 4.91. The molecule has 1 fully saturated rings. The summed E-state index contributed by atoms with van der Waals surface area (Å²) in [4.78, 5) is 0. The van der Waals surface area contributed by atoms with Crippen molar-refractivity contribution in [1.82, 2.24) is 14.1 Å². The molecule has 11 heteroatoms. The third-order valence-electron chi connectivity index (χ3n) is 2.61. The predicted molar refractivity (Wildman–Crippen MR) is 83.2 cm³/mol. The Morgan fingerprint density at radius 1 is 1.35 bits per heavy atom. The number of alkyl halides is 2. The van der Waals surface area contributed by atoms with Crippen LogP contribution in [0.1, 0.15) is 6.42 Å². The minimum atomic E-state index is -3.65. The fourth-order valence-corrected chi connectivity index (χ4v) is 4.94. The highest BCUT2D eigenvalue weighted by Gasteiger charge is 2.29. The molecule has 0 aromatic heterocycles. The number of halogens is 2. The Hall–Kier alpha value is 0.760. The monoisotopic (exact) mass is 366 g/mol. The van der Waals surface area contributed by atoms with Crippen molar-refractivity contribution in [1.29, 1.82) is 0 Å². The highest BCUT2D eigenvalue weighted by atomic mass is 35.5. The van der Waals surface area contributed by atoms with E-state index >= 15 is 0 Å². The van der Waals surface area contributed by atoms with Crippen LogP contribution in [0.3, 0.4) is 0 Å². The molecule has 1 rings (SSSR count). The van der Waals surface area contributed by atoms with Crippen molar-refractivity contribution in [3.05, 3.63) is 0 Å². The van der Waals surface area contributed by atoms with E-state index in [2.05, 4.69) is 14.1 Å². The summed E-state index contributed by atoms with van der Waals surface area (Å²) in [5.41, 5.74) is 0. The third-order valence-corrected chi connectivity index (χ3v) is 5.74. The third kappa shape index (κ3) is 7.15. The van der Waals surface area contributed by atoms with Crippen LogP contribution in [0.5, 0.6) is 0 Å². The average Bonchev–Trinajstić information content (AvgIpc) is 2.38. The highest BCUT2D eigenvalue weighted by Crippen LogP contribution is 2.47. The van der Waals surface area contributed by atoms with Gasteiger partial charge in [0.1, 0.15) is 0 Å². The fourth-order valence-electron chi connectivity index (χ4n) is 1.81. The molecular weight excluding hydrogens is 346 g/mol. The molecular formula is C9H21Cl2N4O3PS. The maximum Gasteiger partial charge on any atom is 0.274 e. The summed E-state index contributed by atoms with van der Waals surface area (Å²) < 4.78 is 34.1. The smallest absolute Gasteiger partial charge is 0.274 e. The number of nitrogens with zero attached hydrogens (tertiary/aromatic N) is 2. The number of hydrogen-bond donors (Lipinski definition) is 2. The molecule has 20 heavy (non-hydrogen) atoms. The van der Waals surface area contributed by atoms with Gasteiger partial charge in [0.25, 0.3) is 10.2 Å². The number of hydrogen-bond acceptors (Lipinski definition) is 5. The van der Waals surface area contributed by atoms with Gasteiger partial charge >= 0.3 is 0 Å². The molecule has 0 bridgehead atoms. The van der Waals surface area contributed by atoms with E-state index in [1.807, 2.05) is 0 Å². The van der Waals surface area contributed by atoms with Crippen molar-refractivity contribution in [2.75, 3.05) is 51.1 Å². The summed E-state index contributed by atoms with van der Waals surface area (Å²) >= 11 is 11.6. The molecule has 120 valence electrons. The first-order chi connectivity index (χ1) is 9.48. The van der Waals surface area contributed by atoms with Gasteiger partial charge < -0.3 is 4.52 Å². The van der Waals surface area contributed by atoms with Crippen molar-refractivity contribution in [2.45, 2.75) is 6.42 Å². The maximum atomic E-state index is 10.9. The first-order valence-electron chi connectivity index (χ1n) is 6.30. The van der Waals surface area contributed by atoms with Crippen LogP contribution >= 0.6 is 31.7 Å². The van der Waals surface area contributed by atoms with Crippen LogP contribution in [-0.4, -0.2) is 68.8 Å². The molecule has 1 unspecified atom stereocenters. The molecule has 0 aliphatic carbocycles. The van der Waals surface area contributed by atoms with Gasteiger partial charge in [0.05, 0.1) is 6.61 Å². The van der Waals surface area contributed by atoms with Crippen LogP contribution in [0.25, 0.3) is 0 Å². The Morgan fingerprint density at radius 2 is 2.00 bits per heavy atom. The van der Waals surface area contributed by atoms with Crippen molar-refractivity contribution in [2.24, 2.45) is 5.14 Å². The van der Waals surface area contributed by atoms with Gasteiger partial charge in [0.15, 0.2) is 8.45 Å². The second-order valence-electron chi connectivity index (χ2n) is 4.16.